The van der Waals surface area contributed by atoms with Crippen LogP contribution in [0, 0.1) is 18.6 Å². The van der Waals surface area contributed by atoms with Crippen LogP contribution in [0.3, 0.4) is 0 Å². The molecule has 28 heavy (non-hydrogen) atoms. The first-order valence-corrected chi connectivity index (χ1v) is 9.10. The minimum absolute atomic E-state index is 0.173. The van der Waals surface area contributed by atoms with E-state index in [9.17, 15) is 18.4 Å². The standard InChI is InChI=1S/C20H20F2N4O2/c1-13-3-2-4-17(23-13)19(28)26-20(10-18(27)24-26)7-8-25(12-20)11-14-9-15(21)5-6-16(14)22/h2-6,9H,7-8,10-12H2,1H3,(H,24,27). The van der Waals surface area contributed by atoms with E-state index in [-0.39, 0.29) is 36.0 Å². The topological polar surface area (TPSA) is 65.5 Å². The summed E-state index contributed by atoms with van der Waals surface area (Å²) >= 11 is 0. The normalized spacial score (nSPS) is 22.1. The van der Waals surface area contributed by atoms with Gasteiger partial charge in [-0.05, 0) is 43.7 Å². The summed E-state index contributed by atoms with van der Waals surface area (Å²) in [7, 11) is 0. The molecular formula is C20H20F2N4O2. The van der Waals surface area contributed by atoms with Crippen LogP contribution in [0.25, 0.3) is 0 Å². The Balaban J connectivity index is 1.55. The Morgan fingerprint density at radius 1 is 1.29 bits per heavy atom. The van der Waals surface area contributed by atoms with E-state index in [2.05, 4.69) is 10.4 Å². The summed E-state index contributed by atoms with van der Waals surface area (Å²) in [5.74, 6) is -1.57. The zero-order valence-corrected chi connectivity index (χ0v) is 15.4. The second kappa shape index (κ2) is 6.94. The molecule has 0 aliphatic carbocycles. The summed E-state index contributed by atoms with van der Waals surface area (Å²) in [5, 5.41) is 1.37. The first-order chi connectivity index (χ1) is 13.4. The van der Waals surface area contributed by atoms with E-state index in [4.69, 9.17) is 0 Å². The number of nitrogens with zero attached hydrogens (tertiary/aromatic N) is 3. The van der Waals surface area contributed by atoms with Gasteiger partial charge in [0.15, 0.2) is 0 Å². The molecule has 2 aromatic rings. The molecule has 0 saturated carbocycles. The van der Waals surface area contributed by atoms with Crippen LogP contribution < -0.4 is 5.43 Å². The number of nitrogens with one attached hydrogen (secondary N) is 1. The number of likely N-dealkylation sites (tertiary alicyclic amines) is 1. The number of rotatable bonds is 3. The second-order valence-corrected chi connectivity index (χ2v) is 7.44. The van der Waals surface area contributed by atoms with Gasteiger partial charge >= 0.3 is 0 Å². The molecule has 3 heterocycles. The molecule has 6 nitrogen and oxygen atoms in total. The fourth-order valence-corrected chi connectivity index (χ4v) is 4.01. The molecule has 1 unspecified atom stereocenters. The van der Waals surface area contributed by atoms with Gasteiger partial charge in [-0.2, -0.15) is 0 Å². The Labute approximate surface area is 161 Å². The number of pyridine rings is 1. The molecule has 4 rings (SSSR count). The van der Waals surface area contributed by atoms with Crippen LogP contribution in [0.4, 0.5) is 8.78 Å². The molecule has 0 bridgehead atoms. The van der Waals surface area contributed by atoms with E-state index >= 15 is 0 Å². The lowest BCUT2D eigenvalue weighted by atomic mass is 9.94. The number of aromatic nitrogens is 1. The lowest BCUT2D eigenvalue weighted by molar-refractivity contribution is -0.120. The molecule has 1 spiro atoms. The minimum atomic E-state index is -0.719. The number of carbonyl (C=O) groups excluding carboxylic acids is 2. The molecule has 1 aromatic heterocycles. The summed E-state index contributed by atoms with van der Waals surface area (Å²) in [4.78, 5) is 31.3. The molecule has 146 valence electrons. The molecule has 2 fully saturated rings. The second-order valence-electron chi connectivity index (χ2n) is 7.44. The highest BCUT2D eigenvalue weighted by atomic mass is 19.1. The van der Waals surface area contributed by atoms with Crippen LogP contribution in [-0.2, 0) is 11.3 Å². The number of hydrogen-bond acceptors (Lipinski definition) is 4. The van der Waals surface area contributed by atoms with Crippen LogP contribution in [-0.4, -0.2) is 45.3 Å². The van der Waals surface area contributed by atoms with Gasteiger partial charge < -0.3 is 0 Å². The number of halogens is 2. The molecule has 2 saturated heterocycles. The summed E-state index contributed by atoms with van der Waals surface area (Å²) in [6.45, 7) is 2.96. The van der Waals surface area contributed by atoms with Crippen LogP contribution in [0.2, 0.25) is 0 Å². The van der Waals surface area contributed by atoms with E-state index in [0.717, 1.165) is 12.1 Å². The number of hydrazine groups is 1. The van der Waals surface area contributed by atoms with Crippen molar-refractivity contribution in [2.45, 2.75) is 31.8 Å². The van der Waals surface area contributed by atoms with Gasteiger partial charge in [0, 0.05) is 30.9 Å². The number of hydrogen-bond donors (Lipinski definition) is 1. The third-order valence-corrected chi connectivity index (χ3v) is 5.32. The SMILES string of the molecule is Cc1cccc(C(=O)N2NC(=O)CC23CCN(Cc2cc(F)ccc2F)C3)n1. The Bertz CT molecular complexity index is 952. The summed E-state index contributed by atoms with van der Waals surface area (Å²) < 4.78 is 27.4. The van der Waals surface area contributed by atoms with E-state index in [1.165, 1.54) is 11.1 Å². The van der Waals surface area contributed by atoms with Gasteiger partial charge in [0.2, 0.25) is 5.91 Å². The highest BCUT2D eigenvalue weighted by Crippen LogP contribution is 2.35. The Morgan fingerprint density at radius 3 is 2.89 bits per heavy atom. The average Bonchev–Trinajstić information content (AvgIpc) is 3.20. The lowest BCUT2D eigenvalue weighted by Crippen LogP contribution is -2.53. The molecule has 0 radical (unpaired) electrons. The third-order valence-electron chi connectivity index (χ3n) is 5.32. The van der Waals surface area contributed by atoms with Crippen LogP contribution in [0.5, 0.6) is 0 Å². The zero-order valence-electron chi connectivity index (χ0n) is 15.4. The molecular weight excluding hydrogens is 366 g/mol. The van der Waals surface area contributed by atoms with Gasteiger partial charge in [-0.25, -0.2) is 18.8 Å². The summed E-state index contributed by atoms with van der Waals surface area (Å²) in [5.41, 5.74) is 3.16. The van der Waals surface area contributed by atoms with Gasteiger partial charge in [-0.3, -0.25) is 19.9 Å². The summed E-state index contributed by atoms with van der Waals surface area (Å²) in [6, 6.07) is 8.52. The molecule has 1 aromatic carbocycles. The fraction of sp³-hybridized carbons (Fsp3) is 0.350. The van der Waals surface area contributed by atoms with Crippen molar-refractivity contribution in [1.29, 1.82) is 0 Å². The Hall–Kier alpha value is -2.87. The number of amides is 2. The predicted molar refractivity (Wildman–Crippen MR) is 96.9 cm³/mol. The molecule has 1 N–H and O–H groups in total. The van der Waals surface area contributed by atoms with Crippen molar-refractivity contribution in [3.63, 3.8) is 0 Å². The zero-order chi connectivity index (χ0) is 19.9. The van der Waals surface area contributed by atoms with E-state index in [1.807, 2.05) is 4.90 Å². The molecule has 2 amide bonds. The summed E-state index contributed by atoms with van der Waals surface area (Å²) in [6.07, 6.45) is 0.729. The van der Waals surface area contributed by atoms with Crippen molar-refractivity contribution in [3.8, 4) is 0 Å². The van der Waals surface area contributed by atoms with Crippen LogP contribution in [0.1, 0.15) is 34.6 Å². The molecule has 2 aliphatic heterocycles. The number of carbonyl (C=O) groups is 2. The largest absolute Gasteiger partial charge is 0.296 e. The maximum Gasteiger partial charge on any atom is 0.291 e. The van der Waals surface area contributed by atoms with Gasteiger partial charge in [-0.15, -0.1) is 0 Å². The van der Waals surface area contributed by atoms with Gasteiger partial charge in [0.25, 0.3) is 5.91 Å². The van der Waals surface area contributed by atoms with Crippen LogP contribution >= 0.6 is 0 Å². The van der Waals surface area contributed by atoms with Crippen molar-refractivity contribution in [2.24, 2.45) is 0 Å². The minimum Gasteiger partial charge on any atom is -0.296 e. The van der Waals surface area contributed by atoms with Crippen molar-refractivity contribution in [1.82, 2.24) is 20.3 Å². The first-order valence-electron chi connectivity index (χ1n) is 9.10. The van der Waals surface area contributed by atoms with Gasteiger partial charge in [0.1, 0.15) is 17.3 Å². The smallest absolute Gasteiger partial charge is 0.291 e. The van der Waals surface area contributed by atoms with Crippen molar-refractivity contribution in [2.75, 3.05) is 13.1 Å². The Morgan fingerprint density at radius 2 is 2.11 bits per heavy atom. The Kier molecular flexibility index (Phi) is 4.58. The van der Waals surface area contributed by atoms with Gasteiger partial charge in [-0.1, -0.05) is 6.07 Å². The third kappa shape index (κ3) is 3.35. The van der Waals surface area contributed by atoms with Crippen molar-refractivity contribution < 1.29 is 18.4 Å². The van der Waals surface area contributed by atoms with E-state index < -0.39 is 17.2 Å². The fourth-order valence-electron chi connectivity index (χ4n) is 4.01. The maximum atomic E-state index is 14.0. The van der Waals surface area contributed by atoms with E-state index in [1.54, 1.807) is 25.1 Å². The van der Waals surface area contributed by atoms with E-state index in [0.29, 0.717) is 25.2 Å². The lowest BCUT2D eigenvalue weighted by Gasteiger charge is -2.33. The predicted octanol–water partition coefficient (Wildman–Crippen LogP) is 2.19. The van der Waals surface area contributed by atoms with Crippen LogP contribution in [0.15, 0.2) is 36.4 Å². The monoisotopic (exact) mass is 386 g/mol. The highest BCUT2D eigenvalue weighted by molar-refractivity contribution is 5.96. The van der Waals surface area contributed by atoms with Crippen molar-refractivity contribution in [3.05, 3.63) is 65.0 Å². The number of benzene rings is 1. The molecule has 8 heteroatoms. The molecule has 2 aliphatic rings. The maximum absolute atomic E-state index is 14.0. The van der Waals surface area contributed by atoms with Gasteiger partial charge in [0.05, 0.1) is 12.0 Å². The van der Waals surface area contributed by atoms with Crippen molar-refractivity contribution >= 4 is 11.8 Å². The number of aryl methyl sites for hydroxylation is 1. The highest BCUT2D eigenvalue weighted by Gasteiger charge is 2.52. The first kappa shape index (κ1) is 18.5. The average molecular weight is 386 g/mol. The quantitative estimate of drug-likeness (QED) is 0.878. The molecule has 1 atom stereocenters.